The molecule has 0 aliphatic heterocycles. The van der Waals surface area contributed by atoms with Crippen LogP contribution in [0.15, 0.2) is 24.3 Å². The van der Waals surface area contributed by atoms with Crippen LogP contribution in [0.4, 0.5) is 0 Å². The smallest absolute Gasteiger partial charge is 0.239 e. The Hall–Kier alpha value is -1.86. The highest BCUT2D eigenvalue weighted by molar-refractivity contribution is 5.84. The molecule has 0 bridgehead atoms. The molecule has 1 aromatic rings. The summed E-state index contributed by atoms with van der Waals surface area (Å²) in [5.74, 6) is -0.197. The molecule has 4 nitrogen and oxygen atoms in total. The van der Waals surface area contributed by atoms with Crippen LogP contribution in [-0.4, -0.2) is 11.4 Å². The van der Waals surface area contributed by atoms with E-state index < -0.39 is 5.54 Å². The highest BCUT2D eigenvalue weighted by Crippen LogP contribution is 2.04. The third kappa shape index (κ3) is 3.37. The molecule has 0 saturated carbocycles. The van der Waals surface area contributed by atoms with Gasteiger partial charge in [0.2, 0.25) is 5.91 Å². The monoisotopic (exact) mass is 217 g/mol. The van der Waals surface area contributed by atoms with E-state index in [1.165, 1.54) is 0 Å². The van der Waals surface area contributed by atoms with Gasteiger partial charge in [0.05, 0.1) is 17.2 Å². The van der Waals surface area contributed by atoms with Crippen LogP contribution in [0.1, 0.15) is 25.0 Å². The summed E-state index contributed by atoms with van der Waals surface area (Å²) in [6.45, 7) is 3.73. The third-order valence-electron chi connectivity index (χ3n) is 2.12. The lowest BCUT2D eigenvalue weighted by Crippen LogP contribution is -2.48. The second-order valence-corrected chi connectivity index (χ2v) is 4.21. The molecule has 3 N–H and O–H groups in total. The SMILES string of the molecule is CC(C)(N)C(=O)NCc1ccc(C#N)cc1. The summed E-state index contributed by atoms with van der Waals surface area (Å²) in [6, 6.07) is 9.09. The minimum Gasteiger partial charge on any atom is -0.350 e. The first-order valence-corrected chi connectivity index (χ1v) is 4.99. The fraction of sp³-hybridized carbons (Fsp3) is 0.333. The molecule has 4 heteroatoms. The van der Waals surface area contributed by atoms with Gasteiger partial charge in [-0.25, -0.2) is 0 Å². The summed E-state index contributed by atoms with van der Waals surface area (Å²) in [5, 5.41) is 11.3. The Morgan fingerprint density at radius 2 is 2.00 bits per heavy atom. The first kappa shape index (κ1) is 12.2. The van der Waals surface area contributed by atoms with Gasteiger partial charge in [-0.05, 0) is 31.5 Å². The van der Waals surface area contributed by atoms with Gasteiger partial charge < -0.3 is 11.1 Å². The lowest BCUT2D eigenvalue weighted by Gasteiger charge is -2.17. The van der Waals surface area contributed by atoms with Crippen LogP contribution < -0.4 is 11.1 Å². The normalized spacial score (nSPS) is 10.6. The van der Waals surface area contributed by atoms with Crippen LogP contribution in [-0.2, 0) is 11.3 Å². The molecule has 0 aliphatic rings. The van der Waals surface area contributed by atoms with Crippen molar-refractivity contribution in [1.29, 1.82) is 5.26 Å². The van der Waals surface area contributed by atoms with Gasteiger partial charge in [0, 0.05) is 6.54 Å². The molecular weight excluding hydrogens is 202 g/mol. The summed E-state index contributed by atoms with van der Waals surface area (Å²) >= 11 is 0. The minimum absolute atomic E-state index is 0.197. The van der Waals surface area contributed by atoms with Gasteiger partial charge in [0.25, 0.3) is 0 Å². The Bertz CT molecular complexity index is 409. The number of benzene rings is 1. The molecule has 1 amide bonds. The standard InChI is InChI=1S/C12H15N3O/c1-12(2,14)11(16)15-8-10-5-3-9(7-13)4-6-10/h3-6H,8,14H2,1-2H3,(H,15,16). The van der Waals surface area contributed by atoms with E-state index in [0.717, 1.165) is 5.56 Å². The molecule has 1 rings (SSSR count). The van der Waals surface area contributed by atoms with Crippen molar-refractivity contribution in [3.63, 3.8) is 0 Å². The van der Waals surface area contributed by atoms with Gasteiger partial charge in [-0.3, -0.25) is 4.79 Å². The van der Waals surface area contributed by atoms with E-state index in [4.69, 9.17) is 11.0 Å². The fourth-order valence-corrected chi connectivity index (χ4v) is 1.11. The maximum absolute atomic E-state index is 11.5. The molecule has 0 aromatic heterocycles. The quantitative estimate of drug-likeness (QED) is 0.789. The van der Waals surface area contributed by atoms with Gasteiger partial charge in [0.15, 0.2) is 0 Å². The molecule has 0 saturated heterocycles. The van der Waals surface area contributed by atoms with Crippen LogP contribution in [0, 0.1) is 11.3 Å². The zero-order valence-corrected chi connectivity index (χ0v) is 9.45. The molecule has 0 spiro atoms. The van der Waals surface area contributed by atoms with Crippen molar-refractivity contribution < 1.29 is 4.79 Å². The van der Waals surface area contributed by atoms with E-state index in [1.54, 1.807) is 26.0 Å². The number of carbonyl (C=O) groups excluding carboxylic acids is 1. The average Bonchev–Trinajstić information content (AvgIpc) is 2.25. The summed E-state index contributed by atoms with van der Waals surface area (Å²) in [5.41, 5.74) is 6.31. The second-order valence-electron chi connectivity index (χ2n) is 4.21. The number of amides is 1. The number of nitrogens with two attached hydrogens (primary N) is 1. The van der Waals surface area contributed by atoms with Crippen molar-refractivity contribution >= 4 is 5.91 Å². The lowest BCUT2D eigenvalue weighted by atomic mass is 10.1. The summed E-state index contributed by atoms with van der Waals surface area (Å²) < 4.78 is 0. The van der Waals surface area contributed by atoms with Crippen LogP contribution in [0.2, 0.25) is 0 Å². The Morgan fingerprint density at radius 1 is 1.44 bits per heavy atom. The highest BCUT2D eigenvalue weighted by Gasteiger charge is 2.20. The second kappa shape index (κ2) is 4.77. The number of carbonyl (C=O) groups is 1. The maximum Gasteiger partial charge on any atom is 0.239 e. The van der Waals surface area contributed by atoms with Gasteiger partial charge >= 0.3 is 0 Å². The topological polar surface area (TPSA) is 78.9 Å². The van der Waals surface area contributed by atoms with Gasteiger partial charge in [-0.15, -0.1) is 0 Å². The molecule has 0 heterocycles. The highest BCUT2D eigenvalue weighted by atomic mass is 16.2. The third-order valence-corrected chi connectivity index (χ3v) is 2.12. The Balaban J connectivity index is 2.56. The zero-order valence-electron chi connectivity index (χ0n) is 9.45. The summed E-state index contributed by atoms with van der Waals surface area (Å²) in [7, 11) is 0. The number of hydrogen-bond donors (Lipinski definition) is 2. The molecule has 1 aromatic carbocycles. The summed E-state index contributed by atoms with van der Waals surface area (Å²) in [4.78, 5) is 11.5. The molecule has 16 heavy (non-hydrogen) atoms. The minimum atomic E-state index is -0.868. The van der Waals surface area contributed by atoms with Crippen molar-refractivity contribution in [2.75, 3.05) is 0 Å². The van der Waals surface area contributed by atoms with Crippen LogP contribution >= 0.6 is 0 Å². The Morgan fingerprint density at radius 3 is 2.44 bits per heavy atom. The first-order chi connectivity index (χ1) is 7.43. The van der Waals surface area contributed by atoms with E-state index in [-0.39, 0.29) is 5.91 Å². The fourth-order valence-electron chi connectivity index (χ4n) is 1.11. The number of nitrogens with zero attached hydrogens (tertiary/aromatic N) is 1. The molecule has 0 fully saturated rings. The number of nitrogens with one attached hydrogen (secondary N) is 1. The van der Waals surface area contributed by atoms with Crippen molar-refractivity contribution in [2.45, 2.75) is 25.9 Å². The molecule has 0 radical (unpaired) electrons. The largest absolute Gasteiger partial charge is 0.350 e. The Labute approximate surface area is 95.1 Å². The maximum atomic E-state index is 11.5. The molecule has 0 unspecified atom stereocenters. The number of nitriles is 1. The Kier molecular flexibility index (Phi) is 3.64. The number of hydrogen-bond acceptors (Lipinski definition) is 3. The molecule has 84 valence electrons. The van der Waals surface area contributed by atoms with Crippen molar-refractivity contribution in [2.24, 2.45) is 5.73 Å². The van der Waals surface area contributed by atoms with Crippen molar-refractivity contribution in [3.05, 3.63) is 35.4 Å². The van der Waals surface area contributed by atoms with Crippen molar-refractivity contribution in [3.8, 4) is 6.07 Å². The predicted octanol–water partition coefficient (Wildman–Crippen LogP) is 0.912. The van der Waals surface area contributed by atoms with E-state index in [9.17, 15) is 4.79 Å². The predicted molar refractivity (Wildman–Crippen MR) is 61.3 cm³/mol. The molecule has 0 atom stereocenters. The van der Waals surface area contributed by atoms with Gasteiger partial charge in [-0.1, -0.05) is 12.1 Å². The molecular formula is C12H15N3O. The van der Waals surface area contributed by atoms with E-state index in [0.29, 0.717) is 12.1 Å². The first-order valence-electron chi connectivity index (χ1n) is 4.99. The van der Waals surface area contributed by atoms with Crippen LogP contribution in [0.25, 0.3) is 0 Å². The summed E-state index contributed by atoms with van der Waals surface area (Å²) in [6.07, 6.45) is 0. The van der Waals surface area contributed by atoms with E-state index in [1.807, 2.05) is 18.2 Å². The van der Waals surface area contributed by atoms with E-state index in [2.05, 4.69) is 5.32 Å². The van der Waals surface area contributed by atoms with Crippen LogP contribution in [0.5, 0.6) is 0 Å². The zero-order chi connectivity index (χ0) is 12.2. The lowest BCUT2D eigenvalue weighted by molar-refractivity contribution is -0.125. The molecule has 0 aliphatic carbocycles. The average molecular weight is 217 g/mol. The number of rotatable bonds is 3. The van der Waals surface area contributed by atoms with Gasteiger partial charge in [0.1, 0.15) is 0 Å². The van der Waals surface area contributed by atoms with Gasteiger partial charge in [-0.2, -0.15) is 5.26 Å². The van der Waals surface area contributed by atoms with Crippen LogP contribution in [0.3, 0.4) is 0 Å². The van der Waals surface area contributed by atoms with Crippen molar-refractivity contribution in [1.82, 2.24) is 5.32 Å². The van der Waals surface area contributed by atoms with E-state index >= 15 is 0 Å².